The van der Waals surface area contributed by atoms with Gasteiger partial charge in [-0.1, -0.05) is 18.6 Å². The number of hydrogen-bond acceptors (Lipinski definition) is 5. The van der Waals surface area contributed by atoms with Crippen LogP contribution in [0.25, 0.3) is 0 Å². The van der Waals surface area contributed by atoms with Gasteiger partial charge in [0.1, 0.15) is 11.9 Å². The van der Waals surface area contributed by atoms with Gasteiger partial charge in [-0.05, 0) is 44.2 Å². The first-order chi connectivity index (χ1) is 12.3. The molecule has 0 bridgehead atoms. The molecule has 1 aromatic rings. The molecule has 1 N–H and O–H groups in total. The van der Waals surface area contributed by atoms with Crippen LogP contribution in [-0.2, 0) is 14.3 Å². The van der Waals surface area contributed by atoms with E-state index in [-0.39, 0.29) is 18.0 Å². The van der Waals surface area contributed by atoms with Crippen LogP contribution in [-0.4, -0.2) is 38.4 Å². The highest BCUT2D eigenvalue weighted by molar-refractivity contribution is 5.72. The molecule has 0 radical (unpaired) electrons. The van der Waals surface area contributed by atoms with E-state index in [0.717, 1.165) is 56.7 Å². The highest BCUT2D eigenvalue weighted by atomic mass is 16.5. The maximum absolute atomic E-state index is 12.0. The largest absolute Gasteiger partial charge is 0.486 e. The van der Waals surface area contributed by atoms with Crippen LogP contribution in [0.4, 0.5) is 5.69 Å². The third-order valence-electron chi connectivity index (χ3n) is 5.05. The van der Waals surface area contributed by atoms with E-state index >= 15 is 0 Å². The Bertz CT molecular complexity index is 556. The van der Waals surface area contributed by atoms with Crippen LogP contribution in [0.15, 0.2) is 24.3 Å². The van der Waals surface area contributed by atoms with E-state index in [2.05, 4.69) is 11.4 Å². The molecular formula is C20H29NO4. The van der Waals surface area contributed by atoms with Crippen LogP contribution in [0.3, 0.4) is 0 Å². The Kier molecular flexibility index (Phi) is 6.56. The Balaban J connectivity index is 1.53. The number of nitrogens with one attached hydrogen (secondary N) is 1. The molecule has 138 valence electrons. The Labute approximate surface area is 150 Å². The lowest BCUT2D eigenvalue weighted by atomic mass is 9.81. The van der Waals surface area contributed by atoms with E-state index in [1.165, 1.54) is 0 Å². The van der Waals surface area contributed by atoms with E-state index in [0.29, 0.717) is 19.1 Å². The predicted molar refractivity (Wildman–Crippen MR) is 96.9 cm³/mol. The molecule has 0 amide bonds. The molecule has 2 aliphatic rings. The number of ether oxygens (including phenoxy) is 3. The minimum atomic E-state index is -0.0304. The molecule has 0 aromatic heterocycles. The van der Waals surface area contributed by atoms with E-state index < -0.39 is 0 Å². The highest BCUT2D eigenvalue weighted by Crippen LogP contribution is 2.32. The first-order valence-corrected chi connectivity index (χ1v) is 9.50. The maximum atomic E-state index is 12.0. The fourth-order valence-corrected chi connectivity index (χ4v) is 3.71. The van der Waals surface area contributed by atoms with Gasteiger partial charge in [-0.15, -0.1) is 0 Å². The molecular weight excluding hydrogens is 318 g/mol. The lowest BCUT2D eigenvalue weighted by Crippen LogP contribution is -2.28. The first-order valence-electron chi connectivity index (χ1n) is 9.50. The average molecular weight is 347 g/mol. The lowest BCUT2D eigenvalue weighted by Gasteiger charge is -2.28. The summed E-state index contributed by atoms with van der Waals surface area (Å²) >= 11 is 0. The van der Waals surface area contributed by atoms with Crippen LogP contribution >= 0.6 is 0 Å². The van der Waals surface area contributed by atoms with Crippen molar-refractivity contribution in [2.24, 2.45) is 11.8 Å². The number of hydrogen-bond donors (Lipinski definition) is 1. The molecule has 1 aliphatic heterocycles. The molecule has 3 atom stereocenters. The first kappa shape index (κ1) is 18.1. The van der Waals surface area contributed by atoms with Gasteiger partial charge in [0.05, 0.1) is 31.4 Å². The van der Waals surface area contributed by atoms with Crippen molar-refractivity contribution in [2.45, 2.75) is 45.1 Å². The zero-order valence-corrected chi connectivity index (χ0v) is 15.0. The SMILES string of the molecule is CCOC(=O)[C@@H]1CCC[C@@H](CNc2ccccc2O[C@H]2CCOC2)C1. The molecule has 2 fully saturated rings. The standard InChI is InChI=1S/C20H29NO4/c1-2-24-20(22)16-7-5-6-15(12-16)13-21-18-8-3-4-9-19(18)25-17-10-11-23-14-17/h3-4,8-9,15-17,21H,2,5-7,10-14H2,1H3/t15-,16-,17+/m1/s1. The molecule has 1 saturated carbocycles. The van der Waals surface area contributed by atoms with E-state index in [1.807, 2.05) is 25.1 Å². The van der Waals surface area contributed by atoms with E-state index in [1.54, 1.807) is 0 Å². The van der Waals surface area contributed by atoms with Crippen molar-refractivity contribution in [1.82, 2.24) is 0 Å². The van der Waals surface area contributed by atoms with Gasteiger partial charge >= 0.3 is 5.97 Å². The Morgan fingerprint density at radius 3 is 2.96 bits per heavy atom. The molecule has 5 nitrogen and oxygen atoms in total. The van der Waals surface area contributed by atoms with Crippen LogP contribution in [0.1, 0.15) is 39.0 Å². The summed E-state index contributed by atoms with van der Waals surface area (Å²) in [4.78, 5) is 12.0. The van der Waals surface area contributed by atoms with Crippen molar-refractivity contribution in [3.05, 3.63) is 24.3 Å². The topological polar surface area (TPSA) is 56.8 Å². The normalized spacial score (nSPS) is 26.2. The van der Waals surface area contributed by atoms with Crippen molar-refractivity contribution >= 4 is 11.7 Å². The van der Waals surface area contributed by atoms with Crippen molar-refractivity contribution in [3.63, 3.8) is 0 Å². The maximum Gasteiger partial charge on any atom is 0.308 e. The number of para-hydroxylation sites is 2. The quantitative estimate of drug-likeness (QED) is 0.763. The van der Waals surface area contributed by atoms with Gasteiger partial charge in [0, 0.05) is 13.0 Å². The number of rotatable bonds is 7. The number of esters is 1. The molecule has 25 heavy (non-hydrogen) atoms. The molecule has 1 aliphatic carbocycles. The van der Waals surface area contributed by atoms with Gasteiger partial charge in [0.2, 0.25) is 0 Å². The monoisotopic (exact) mass is 347 g/mol. The summed E-state index contributed by atoms with van der Waals surface area (Å²) in [5.74, 6) is 1.40. The Morgan fingerprint density at radius 1 is 1.28 bits per heavy atom. The summed E-state index contributed by atoms with van der Waals surface area (Å²) in [6.07, 6.45) is 5.20. The lowest BCUT2D eigenvalue weighted by molar-refractivity contribution is -0.149. The molecule has 3 rings (SSSR count). The fourth-order valence-electron chi connectivity index (χ4n) is 3.71. The summed E-state index contributed by atoms with van der Waals surface area (Å²) in [5.41, 5.74) is 1.02. The van der Waals surface area contributed by atoms with Crippen LogP contribution in [0.5, 0.6) is 5.75 Å². The van der Waals surface area contributed by atoms with Crippen molar-refractivity contribution in [1.29, 1.82) is 0 Å². The number of anilines is 1. The van der Waals surface area contributed by atoms with Crippen molar-refractivity contribution in [3.8, 4) is 5.75 Å². The summed E-state index contributed by atoms with van der Waals surface area (Å²) in [5, 5.41) is 3.53. The molecule has 5 heteroatoms. The van der Waals surface area contributed by atoms with Gasteiger partial charge in [0.25, 0.3) is 0 Å². The molecule has 1 aromatic carbocycles. The third-order valence-corrected chi connectivity index (χ3v) is 5.05. The Morgan fingerprint density at radius 2 is 2.16 bits per heavy atom. The van der Waals surface area contributed by atoms with Gasteiger partial charge < -0.3 is 19.5 Å². The van der Waals surface area contributed by atoms with E-state index in [4.69, 9.17) is 14.2 Å². The number of carbonyl (C=O) groups is 1. The summed E-state index contributed by atoms with van der Waals surface area (Å²) < 4.78 is 16.7. The Hall–Kier alpha value is -1.75. The van der Waals surface area contributed by atoms with E-state index in [9.17, 15) is 4.79 Å². The second kappa shape index (κ2) is 9.09. The summed E-state index contributed by atoms with van der Waals surface area (Å²) in [6, 6.07) is 8.07. The predicted octanol–water partition coefficient (Wildman–Crippen LogP) is 3.64. The van der Waals surface area contributed by atoms with Crippen molar-refractivity contribution < 1.29 is 19.0 Å². The molecule has 1 saturated heterocycles. The minimum absolute atomic E-state index is 0.0304. The smallest absolute Gasteiger partial charge is 0.308 e. The second-order valence-electron chi connectivity index (χ2n) is 6.96. The fraction of sp³-hybridized carbons (Fsp3) is 0.650. The second-order valence-corrected chi connectivity index (χ2v) is 6.96. The molecule has 1 heterocycles. The average Bonchev–Trinajstić information content (AvgIpc) is 3.14. The van der Waals surface area contributed by atoms with Crippen LogP contribution in [0, 0.1) is 11.8 Å². The van der Waals surface area contributed by atoms with Crippen LogP contribution < -0.4 is 10.1 Å². The summed E-state index contributed by atoms with van der Waals surface area (Å²) in [7, 11) is 0. The van der Waals surface area contributed by atoms with Gasteiger partial charge in [-0.2, -0.15) is 0 Å². The zero-order valence-electron chi connectivity index (χ0n) is 15.0. The number of benzene rings is 1. The highest BCUT2D eigenvalue weighted by Gasteiger charge is 2.28. The molecule has 0 spiro atoms. The third kappa shape index (κ3) is 5.11. The van der Waals surface area contributed by atoms with Crippen molar-refractivity contribution in [2.75, 3.05) is 31.7 Å². The molecule has 0 unspecified atom stereocenters. The number of carbonyl (C=O) groups excluding carboxylic acids is 1. The van der Waals surface area contributed by atoms with Gasteiger partial charge in [0.15, 0.2) is 0 Å². The van der Waals surface area contributed by atoms with Crippen LogP contribution in [0.2, 0.25) is 0 Å². The van der Waals surface area contributed by atoms with Gasteiger partial charge in [-0.25, -0.2) is 0 Å². The zero-order chi connectivity index (χ0) is 17.5. The minimum Gasteiger partial charge on any atom is -0.486 e. The van der Waals surface area contributed by atoms with Gasteiger partial charge in [-0.3, -0.25) is 4.79 Å². The summed E-state index contributed by atoms with van der Waals surface area (Å²) in [6.45, 7) is 4.63.